The highest BCUT2D eigenvalue weighted by Crippen LogP contribution is 2.14. The maximum absolute atomic E-state index is 5.41. The quantitative estimate of drug-likeness (QED) is 0.756. The molecule has 0 amide bonds. The molecule has 0 aliphatic carbocycles. The summed E-state index contributed by atoms with van der Waals surface area (Å²) in [6, 6.07) is 3.99. The number of nitrogen functional groups attached to an aromatic ring is 1. The lowest BCUT2D eigenvalue weighted by molar-refractivity contribution is 0.970. The topological polar surface area (TPSA) is 80.5 Å². The molecule has 78 valence electrons. The van der Waals surface area contributed by atoms with Crippen molar-refractivity contribution >= 4 is 17.7 Å². The normalized spacial score (nSPS) is 10.4. The zero-order valence-electron chi connectivity index (χ0n) is 8.05. The first-order valence-electron chi connectivity index (χ1n) is 4.54. The van der Waals surface area contributed by atoms with Crippen LogP contribution in [0.5, 0.6) is 0 Å². The third kappa shape index (κ3) is 2.95. The Morgan fingerprint density at radius 1 is 1.47 bits per heavy atom. The van der Waals surface area contributed by atoms with Crippen molar-refractivity contribution in [1.29, 1.82) is 0 Å². The number of aryl methyl sites for hydroxylation is 1. The number of nitrogens with zero attached hydrogens (tertiary/aromatic N) is 3. The van der Waals surface area contributed by atoms with E-state index in [0.717, 1.165) is 12.2 Å². The summed E-state index contributed by atoms with van der Waals surface area (Å²) in [5, 5.41) is 7.23. The molecule has 0 aliphatic rings. The minimum absolute atomic E-state index is 0.360. The van der Waals surface area contributed by atoms with Gasteiger partial charge in [0.05, 0.1) is 0 Å². The Morgan fingerprint density at radius 2 is 2.40 bits per heavy atom. The standard InChI is InChI=1S/C9H11N5S/c10-8-12-9(14-13-8)15-5-3-7-2-1-4-11-6-7/h1-2,4,6H,3,5H2,(H3,10,12,13,14). The molecule has 0 aliphatic heterocycles. The van der Waals surface area contributed by atoms with Crippen LogP contribution in [0, 0.1) is 0 Å². The molecule has 15 heavy (non-hydrogen) atoms. The Balaban J connectivity index is 1.80. The summed E-state index contributed by atoms with van der Waals surface area (Å²) in [6.45, 7) is 0. The van der Waals surface area contributed by atoms with Crippen LogP contribution in [0.25, 0.3) is 0 Å². The number of hydrogen-bond donors (Lipinski definition) is 2. The van der Waals surface area contributed by atoms with Gasteiger partial charge in [0.15, 0.2) is 0 Å². The number of anilines is 1. The fraction of sp³-hybridized carbons (Fsp3) is 0.222. The van der Waals surface area contributed by atoms with Crippen LogP contribution in [-0.2, 0) is 6.42 Å². The Labute approximate surface area is 91.5 Å². The molecule has 0 spiro atoms. The van der Waals surface area contributed by atoms with Gasteiger partial charge in [0.1, 0.15) is 0 Å². The van der Waals surface area contributed by atoms with Crippen molar-refractivity contribution in [2.24, 2.45) is 0 Å². The molecule has 0 fully saturated rings. The number of aromatic amines is 1. The molecule has 2 aromatic heterocycles. The van der Waals surface area contributed by atoms with Crippen LogP contribution in [0.1, 0.15) is 5.56 Å². The Morgan fingerprint density at radius 3 is 3.07 bits per heavy atom. The zero-order valence-corrected chi connectivity index (χ0v) is 8.87. The highest BCUT2D eigenvalue weighted by Gasteiger charge is 2.00. The molecule has 0 atom stereocenters. The number of nitrogens with two attached hydrogens (primary N) is 1. The summed E-state index contributed by atoms with van der Waals surface area (Å²) < 4.78 is 0. The summed E-state index contributed by atoms with van der Waals surface area (Å²) in [6.07, 6.45) is 4.59. The number of nitrogens with one attached hydrogen (secondary N) is 1. The molecule has 5 nitrogen and oxygen atoms in total. The Bertz CT molecular complexity index is 413. The van der Waals surface area contributed by atoms with Crippen LogP contribution in [0.3, 0.4) is 0 Å². The number of thioether (sulfide) groups is 1. The van der Waals surface area contributed by atoms with Crippen molar-refractivity contribution in [3.63, 3.8) is 0 Å². The number of aromatic nitrogens is 4. The summed E-state index contributed by atoms with van der Waals surface area (Å²) in [7, 11) is 0. The maximum atomic E-state index is 5.41. The predicted molar refractivity (Wildman–Crippen MR) is 59.5 cm³/mol. The van der Waals surface area contributed by atoms with Gasteiger partial charge in [0.25, 0.3) is 0 Å². The van der Waals surface area contributed by atoms with Gasteiger partial charge in [-0.2, -0.15) is 4.98 Å². The van der Waals surface area contributed by atoms with E-state index in [2.05, 4.69) is 26.2 Å². The van der Waals surface area contributed by atoms with Crippen LogP contribution in [0.2, 0.25) is 0 Å². The average Bonchev–Trinajstić information content (AvgIpc) is 2.66. The molecule has 0 radical (unpaired) electrons. The van der Waals surface area contributed by atoms with E-state index >= 15 is 0 Å². The lowest BCUT2D eigenvalue weighted by Crippen LogP contribution is -1.90. The molecule has 2 rings (SSSR count). The van der Waals surface area contributed by atoms with E-state index in [-0.39, 0.29) is 0 Å². The lowest BCUT2D eigenvalue weighted by atomic mass is 10.2. The third-order valence-corrected chi connectivity index (χ3v) is 2.68. The largest absolute Gasteiger partial charge is 0.368 e. The average molecular weight is 221 g/mol. The number of H-pyrrole nitrogens is 1. The van der Waals surface area contributed by atoms with Crippen LogP contribution >= 0.6 is 11.8 Å². The van der Waals surface area contributed by atoms with Gasteiger partial charge < -0.3 is 5.73 Å². The van der Waals surface area contributed by atoms with Gasteiger partial charge in [-0.25, -0.2) is 5.10 Å². The van der Waals surface area contributed by atoms with Crippen molar-refractivity contribution < 1.29 is 0 Å². The molecule has 0 saturated carbocycles. The van der Waals surface area contributed by atoms with Crippen LogP contribution in [0.4, 0.5) is 5.95 Å². The smallest absolute Gasteiger partial charge is 0.216 e. The predicted octanol–water partition coefficient (Wildman–Crippen LogP) is 1.12. The van der Waals surface area contributed by atoms with Gasteiger partial charge in [0.2, 0.25) is 11.1 Å². The minimum atomic E-state index is 0.360. The lowest BCUT2D eigenvalue weighted by Gasteiger charge is -1.97. The summed E-state index contributed by atoms with van der Waals surface area (Å²) >= 11 is 1.57. The van der Waals surface area contributed by atoms with E-state index in [0.29, 0.717) is 11.1 Å². The number of rotatable bonds is 4. The second-order valence-corrected chi connectivity index (χ2v) is 4.03. The van der Waals surface area contributed by atoms with Crippen LogP contribution in [-0.4, -0.2) is 25.9 Å². The molecule has 2 heterocycles. The molecule has 0 aromatic carbocycles. The van der Waals surface area contributed by atoms with E-state index in [1.807, 2.05) is 12.3 Å². The minimum Gasteiger partial charge on any atom is -0.368 e. The van der Waals surface area contributed by atoms with Crippen molar-refractivity contribution in [2.45, 2.75) is 11.6 Å². The summed E-state index contributed by atoms with van der Waals surface area (Å²) in [4.78, 5) is 8.05. The molecule has 0 saturated heterocycles. The van der Waals surface area contributed by atoms with Crippen molar-refractivity contribution in [2.75, 3.05) is 11.5 Å². The Kier molecular flexibility index (Phi) is 3.18. The maximum Gasteiger partial charge on any atom is 0.216 e. The first-order chi connectivity index (χ1) is 7.34. The highest BCUT2D eigenvalue weighted by molar-refractivity contribution is 7.99. The van der Waals surface area contributed by atoms with E-state index in [1.165, 1.54) is 5.56 Å². The highest BCUT2D eigenvalue weighted by atomic mass is 32.2. The monoisotopic (exact) mass is 221 g/mol. The zero-order chi connectivity index (χ0) is 10.5. The molecule has 3 N–H and O–H groups in total. The van der Waals surface area contributed by atoms with E-state index in [9.17, 15) is 0 Å². The van der Waals surface area contributed by atoms with E-state index < -0.39 is 0 Å². The number of hydrogen-bond acceptors (Lipinski definition) is 5. The van der Waals surface area contributed by atoms with E-state index in [1.54, 1.807) is 18.0 Å². The third-order valence-electron chi connectivity index (χ3n) is 1.83. The molecular weight excluding hydrogens is 210 g/mol. The second kappa shape index (κ2) is 4.79. The molecule has 6 heteroatoms. The van der Waals surface area contributed by atoms with Gasteiger partial charge in [-0.3, -0.25) is 4.98 Å². The van der Waals surface area contributed by atoms with Gasteiger partial charge in [-0.1, -0.05) is 17.8 Å². The summed E-state index contributed by atoms with van der Waals surface area (Å²) in [5.41, 5.74) is 6.63. The van der Waals surface area contributed by atoms with Gasteiger partial charge in [0, 0.05) is 18.1 Å². The molecular formula is C9H11N5S. The molecule has 2 aromatic rings. The van der Waals surface area contributed by atoms with Gasteiger partial charge >= 0.3 is 0 Å². The fourth-order valence-electron chi connectivity index (χ4n) is 1.13. The first-order valence-corrected chi connectivity index (χ1v) is 5.53. The van der Waals surface area contributed by atoms with Crippen LogP contribution in [0.15, 0.2) is 29.7 Å². The van der Waals surface area contributed by atoms with Crippen molar-refractivity contribution in [1.82, 2.24) is 20.2 Å². The SMILES string of the molecule is Nc1nc(SCCc2cccnc2)n[nH]1. The van der Waals surface area contributed by atoms with Crippen molar-refractivity contribution in [3.05, 3.63) is 30.1 Å². The Hall–Kier alpha value is -1.56. The fourth-order valence-corrected chi connectivity index (χ4v) is 1.92. The van der Waals surface area contributed by atoms with Gasteiger partial charge in [-0.15, -0.1) is 5.10 Å². The number of pyridine rings is 1. The molecule has 0 unspecified atom stereocenters. The van der Waals surface area contributed by atoms with Gasteiger partial charge in [-0.05, 0) is 18.1 Å². The van der Waals surface area contributed by atoms with Crippen molar-refractivity contribution in [3.8, 4) is 0 Å². The van der Waals surface area contributed by atoms with E-state index in [4.69, 9.17) is 5.73 Å². The first kappa shape index (κ1) is 9.97. The van der Waals surface area contributed by atoms with Crippen LogP contribution < -0.4 is 5.73 Å². The summed E-state index contributed by atoms with van der Waals surface area (Å²) in [5.74, 6) is 1.28. The molecule has 0 bridgehead atoms. The second-order valence-electron chi connectivity index (χ2n) is 2.96.